The van der Waals surface area contributed by atoms with Gasteiger partial charge in [-0.05, 0) is 11.8 Å². The van der Waals surface area contributed by atoms with E-state index in [9.17, 15) is 13.6 Å². The molecule has 5 heteroatoms. The summed E-state index contributed by atoms with van der Waals surface area (Å²) in [5.41, 5.74) is 0.122. The van der Waals surface area contributed by atoms with Crippen molar-refractivity contribution >= 4 is 5.91 Å². The fourth-order valence-electron chi connectivity index (χ4n) is 2.41. The van der Waals surface area contributed by atoms with Gasteiger partial charge in [-0.1, -0.05) is 13.8 Å². The van der Waals surface area contributed by atoms with Crippen LogP contribution in [0, 0.1) is 5.41 Å². The van der Waals surface area contributed by atoms with E-state index >= 15 is 0 Å². The molecule has 2 aliphatic heterocycles. The lowest BCUT2D eigenvalue weighted by Crippen LogP contribution is -2.42. The SMILES string of the molecule is CC1(C)CCN(C(=O)C2CC(F)(F)CN2)C1. The lowest BCUT2D eigenvalue weighted by atomic mass is 9.93. The summed E-state index contributed by atoms with van der Waals surface area (Å²) in [6.45, 7) is 5.18. The number of rotatable bonds is 1. The summed E-state index contributed by atoms with van der Waals surface area (Å²) < 4.78 is 25.9. The smallest absolute Gasteiger partial charge is 0.262 e. The molecule has 1 amide bonds. The first-order valence-corrected chi connectivity index (χ1v) is 5.69. The zero-order valence-corrected chi connectivity index (χ0v) is 9.72. The van der Waals surface area contributed by atoms with Gasteiger partial charge in [0.15, 0.2) is 0 Å². The second-order valence-corrected chi connectivity index (χ2v) is 5.67. The minimum atomic E-state index is -2.73. The molecule has 2 fully saturated rings. The minimum absolute atomic E-state index is 0.122. The predicted molar refractivity (Wildman–Crippen MR) is 56.3 cm³/mol. The molecule has 92 valence electrons. The van der Waals surface area contributed by atoms with Crippen molar-refractivity contribution in [3.05, 3.63) is 0 Å². The van der Waals surface area contributed by atoms with Crippen molar-refractivity contribution in [2.24, 2.45) is 5.41 Å². The Morgan fingerprint density at radius 1 is 1.44 bits per heavy atom. The fraction of sp³-hybridized carbons (Fsp3) is 0.909. The van der Waals surface area contributed by atoms with Crippen LogP contribution in [0.15, 0.2) is 0 Å². The lowest BCUT2D eigenvalue weighted by Gasteiger charge is -2.22. The van der Waals surface area contributed by atoms with Gasteiger partial charge in [0.25, 0.3) is 5.92 Å². The minimum Gasteiger partial charge on any atom is -0.341 e. The molecule has 2 saturated heterocycles. The van der Waals surface area contributed by atoms with Crippen molar-refractivity contribution in [1.82, 2.24) is 10.2 Å². The van der Waals surface area contributed by atoms with Gasteiger partial charge in [0.05, 0.1) is 12.6 Å². The third kappa shape index (κ3) is 2.34. The van der Waals surface area contributed by atoms with Crippen LogP contribution in [0.4, 0.5) is 8.78 Å². The Hall–Kier alpha value is -0.710. The van der Waals surface area contributed by atoms with Crippen molar-refractivity contribution in [2.75, 3.05) is 19.6 Å². The molecule has 16 heavy (non-hydrogen) atoms. The molecule has 2 aliphatic rings. The van der Waals surface area contributed by atoms with Crippen molar-refractivity contribution in [3.63, 3.8) is 0 Å². The number of alkyl halides is 2. The summed E-state index contributed by atoms with van der Waals surface area (Å²) in [6, 6.07) is -0.691. The van der Waals surface area contributed by atoms with Crippen molar-refractivity contribution in [2.45, 2.75) is 38.7 Å². The van der Waals surface area contributed by atoms with E-state index in [2.05, 4.69) is 19.2 Å². The quantitative estimate of drug-likeness (QED) is 0.737. The number of likely N-dealkylation sites (tertiary alicyclic amines) is 1. The third-order valence-electron chi connectivity index (χ3n) is 3.40. The van der Waals surface area contributed by atoms with Gasteiger partial charge in [0, 0.05) is 19.5 Å². The van der Waals surface area contributed by atoms with E-state index in [1.165, 1.54) is 0 Å². The maximum absolute atomic E-state index is 13.0. The largest absolute Gasteiger partial charge is 0.341 e. The summed E-state index contributed by atoms with van der Waals surface area (Å²) in [5.74, 6) is -2.89. The van der Waals surface area contributed by atoms with Crippen LogP contribution in [-0.2, 0) is 4.79 Å². The molecule has 0 spiro atoms. The monoisotopic (exact) mass is 232 g/mol. The average molecular weight is 232 g/mol. The van der Waals surface area contributed by atoms with E-state index < -0.39 is 12.0 Å². The van der Waals surface area contributed by atoms with Crippen LogP contribution < -0.4 is 5.32 Å². The third-order valence-corrected chi connectivity index (χ3v) is 3.40. The molecule has 0 aliphatic carbocycles. The number of amides is 1. The topological polar surface area (TPSA) is 32.3 Å². The molecule has 0 aromatic carbocycles. The van der Waals surface area contributed by atoms with Crippen LogP contribution in [-0.4, -0.2) is 42.4 Å². The van der Waals surface area contributed by atoms with Gasteiger partial charge < -0.3 is 4.90 Å². The maximum Gasteiger partial charge on any atom is 0.262 e. The molecular weight excluding hydrogens is 214 g/mol. The Labute approximate surface area is 94.2 Å². The highest BCUT2D eigenvalue weighted by Gasteiger charge is 2.45. The van der Waals surface area contributed by atoms with Crippen molar-refractivity contribution in [1.29, 1.82) is 0 Å². The van der Waals surface area contributed by atoms with Crippen LogP contribution in [0.5, 0.6) is 0 Å². The van der Waals surface area contributed by atoms with Crippen LogP contribution in [0.1, 0.15) is 26.7 Å². The molecule has 0 saturated carbocycles. The summed E-state index contributed by atoms with van der Waals surface area (Å²) in [5, 5.41) is 2.61. The summed E-state index contributed by atoms with van der Waals surface area (Å²) in [6.07, 6.45) is 0.588. The highest BCUT2D eigenvalue weighted by atomic mass is 19.3. The summed E-state index contributed by atoms with van der Waals surface area (Å²) >= 11 is 0. The van der Waals surface area contributed by atoms with E-state index in [1.54, 1.807) is 4.90 Å². The Kier molecular flexibility index (Phi) is 2.69. The molecule has 2 heterocycles. The Balaban J connectivity index is 1.95. The van der Waals surface area contributed by atoms with Gasteiger partial charge in [-0.2, -0.15) is 0 Å². The molecule has 1 N–H and O–H groups in total. The van der Waals surface area contributed by atoms with Gasteiger partial charge in [-0.25, -0.2) is 8.78 Å². The van der Waals surface area contributed by atoms with E-state index in [-0.39, 0.29) is 24.3 Å². The van der Waals surface area contributed by atoms with Crippen molar-refractivity contribution < 1.29 is 13.6 Å². The molecule has 0 bridgehead atoms. The van der Waals surface area contributed by atoms with Crippen LogP contribution in [0.3, 0.4) is 0 Å². The summed E-state index contributed by atoms with van der Waals surface area (Å²) in [4.78, 5) is 13.7. The predicted octanol–water partition coefficient (Wildman–Crippen LogP) is 1.24. The highest BCUT2D eigenvalue weighted by molar-refractivity contribution is 5.82. The molecule has 3 nitrogen and oxygen atoms in total. The number of carbonyl (C=O) groups excluding carboxylic acids is 1. The van der Waals surface area contributed by atoms with Gasteiger partial charge in [0.1, 0.15) is 0 Å². The van der Waals surface area contributed by atoms with Crippen molar-refractivity contribution in [3.8, 4) is 0 Å². The molecule has 0 radical (unpaired) electrons. The molecular formula is C11H18F2N2O. The van der Waals surface area contributed by atoms with E-state index in [0.29, 0.717) is 13.1 Å². The Morgan fingerprint density at radius 3 is 2.56 bits per heavy atom. The summed E-state index contributed by atoms with van der Waals surface area (Å²) in [7, 11) is 0. The van der Waals surface area contributed by atoms with E-state index in [1.807, 2.05) is 0 Å². The highest BCUT2D eigenvalue weighted by Crippen LogP contribution is 2.31. The Bertz CT molecular complexity index is 276. The molecule has 1 atom stereocenters. The number of nitrogens with zero attached hydrogens (tertiary/aromatic N) is 1. The maximum atomic E-state index is 13.0. The second-order valence-electron chi connectivity index (χ2n) is 5.67. The second kappa shape index (κ2) is 3.65. The van der Waals surface area contributed by atoms with Gasteiger partial charge in [-0.15, -0.1) is 0 Å². The van der Waals surface area contributed by atoms with Crippen LogP contribution >= 0.6 is 0 Å². The molecule has 0 aromatic rings. The number of nitrogens with one attached hydrogen (secondary N) is 1. The van der Waals surface area contributed by atoms with E-state index in [0.717, 1.165) is 6.42 Å². The number of hydrogen-bond donors (Lipinski definition) is 1. The fourth-order valence-corrected chi connectivity index (χ4v) is 2.41. The normalized spacial score (nSPS) is 32.0. The first-order valence-electron chi connectivity index (χ1n) is 5.69. The lowest BCUT2D eigenvalue weighted by molar-refractivity contribution is -0.133. The van der Waals surface area contributed by atoms with Crippen LogP contribution in [0.25, 0.3) is 0 Å². The zero-order chi connectivity index (χ0) is 12.0. The Morgan fingerprint density at radius 2 is 2.12 bits per heavy atom. The van der Waals surface area contributed by atoms with Gasteiger partial charge in [-0.3, -0.25) is 10.1 Å². The number of halogens is 2. The number of hydrogen-bond acceptors (Lipinski definition) is 2. The van der Waals surface area contributed by atoms with Crippen LogP contribution in [0.2, 0.25) is 0 Å². The van der Waals surface area contributed by atoms with Gasteiger partial charge >= 0.3 is 0 Å². The molecule has 1 unspecified atom stereocenters. The molecule has 2 rings (SSSR count). The molecule has 0 aromatic heterocycles. The van der Waals surface area contributed by atoms with Gasteiger partial charge in [0.2, 0.25) is 5.91 Å². The zero-order valence-electron chi connectivity index (χ0n) is 9.72. The first kappa shape index (κ1) is 11.8. The number of carbonyl (C=O) groups is 1. The standard InChI is InChI=1S/C11H18F2N2O/c1-10(2)3-4-15(7-10)9(16)8-5-11(12,13)6-14-8/h8,14H,3-7H2,1-2H3. The first-order chi connectivity index (χ1) is 7.29. The average Bonchev–Trinajstić information content (AvgIpc) is 2.68. The van der Waals surface area contributed by atoms with E-state index in [4.69, 9.17) is 0 Å².